The molecule has 0 amide bonds. The van der Waals surface area contributed by atoms with Crippen LogP contribution in [0.4, 0.5) is 5.69 Å². The number of nitrogens with zero attached hydrogens (tertiary/aromatic N) is 1. The van der Waals surface area contributed by atoms with E-state index >= 15 is 0 Å². The molecule has 0 saturated carbocycles. The van der Waals surface area contributed by atoms with Crippen LogP contribution in [-0.2, 0) is 10.0 Å². The number of methoxy groups -OCH3 is 1. The number of nitrogens with one attached hydrogen (secondary N) is 1. The number of hydrogen-bond donors (Lipinski definition) is 1. The first-order valence-corrected chi connectivity index (χ1v) is 9.46. The van der Waals surface area contributed by atoms with Gasteiger partial charge in [0.15, 0.2) is 5.76 Å². The van der Waals surface area contributed by atoms with Crippen molar-refractivity contribution in [2.75, 3.05) is 11.8 Å². The fraction of sp³-hybridized carbons (Fsp3) is 0.188. The lowest BCUT2D eigenvalue weighted by Crippen LogP contribution is -2.12. The Balaban J connectivity index is 1.92. The van der Waals surface area contributed by atoms with Crippen LogP contribution in [0.5, 0.6) is 5.75 Å². The second-order valence-corrected chi connectivity index (χ2v) is 8.00. The van der Waals surface area contributed by atoms with Crippen LogP contribution in [-0.4, -0.2) is 20.7 Å². The zero-order valence-electron chi connectivity index (χ0n) is 13.4. The molecular weight excluding hydrogens is 348 g/mol. The molecule has 126 valence electrons. The van der Waals surface area contributed by atoms with E-state index in [0.717, 1.165) is 22.6 Å². The van der Waals surface area contributed by atoms with Crippen molar-refractivity contribution < 1.29 is 17.7 Å². The van der Waals surface area contributed by atoms with Gasteiger partial charge in [0.25, 0.3) is 10.0 Å². The normalized spacial score (nSPS) is 11.5. The fourth-order valence-electron chi connectivity index (χ4n) is 2.19. The molecular formula is C16H16N2O4S2. The molecule has 0 atom stereocenters. The Labute approximate surface area is 144 Å². The molecule has 2 aromatic heterocycles. The van der Waals surface area contributed by atoms with Crippen molar-refractivity contribution in [3.63, 3.8) is 0 Å². The maximum Gasteiger partial charge on any atom is 0.271 e. The highest BCUT2D eigenvalue weighted by Gasteiger charge is 2.21. The van der Waals surface area contributed by atoms with Crippen LogP contribution in [0.15, 0.2) is 44.4 Å². The largest absolute Gasteiger partial charge is 0.495 e. The van der Waals surface area contributed by atoms with Gasteiger partial charge in [0, 0.05) is 16.5 Å². The van der Waals surface area contributed by atoms with Gasteiger partial charge in [-0.15, -0.1) is 11.3 Å². The molecule has 0 bridgehead atoms. The van der Waals surface area contributed by atoms with Gasteiger partial charge in [0.2, 0.25) is 0 Å². The number of sulfonamides is 1. The number of ether oxygens (including phenoxy) is 1. The minimum absolute atomic E-state index is 0.192. The van der Waals surface area contributed by atoms with Gasteiger partial charge < -0.3 is 9.26 Å². The zero-order chi connectivity index (χ0) is 17.3. The summed E-state index contributed by atoms with van der Waals surface area (Å²) in [5, 5.41) is 5.64. The molecule has 0 saturated heterocycles. The van der Waals surface area contributed by atoms with Crippen LogP contribution in [0.25, 0.3) is 11.3 Å². The third-order valence-corrected chi connectivity index (χ3v) is 6.42. The lowest BCUT2D eigenvalue weighted by atomic mass is 10.1. The highest BCUT2D eigenvalue weighted by Crippen LogP contribution is 2.33. The van der Waals surface area contributed by atoms with E-state index in [1.165, 1.54) is 7.11 Å². The third kappa shape index (κ3) is 3.02. The van der Waals surface area contributed by atoms with Gasteiger partial charge in [-0.05, 0) is 32.0 Å². The predicted octanol–water partition coefficient (Wildman–Crippen LogP) is 3.83. The predicted molar refractivity (Wildman–Crippen MR) is 93.1 cm³/mol. The molecule has 2 heterocycles. The van der Waals surface area contributed by atoms with E-state index < -0.39 is 10.0 Å². The molecule has 1 N–H and O–H groups in total. The Morgan fingerprint density at radius 3 is 2.67 bits per heavy atom. The quantitative estimate of drug-likeness (QED) is 0.744. The van der Waals surface area contributed by atoms with Crippen LogP contribution in [0.2, 0.25) is 0 Å². The Kier molecular flexibility index (Phi) is 4.33. The maximum absolute atomic E-state index is 12.6. The first kappa shape index (κ1) is 16.5. The van der Waals surface area contributed by atoms with Gasteiger partial charge in [-0.25, -0.2) is 8.42 Å². The number of para-hydroxylation sites is 2. The highest BCUT2D eigenvalue weighted by molar-refractivity contribution is 7.94. The van der Waals surface area contributed by atoms with Crippen LogP contribution >= 0.6 is 11.3 Å². The monoisotopic (exact) mass is 364 g/mol. The minimum atomic E-state index is -3.71. The zero-order valence-corrected chi connectivity index (χ0v) is 15.0. The molecule has 3 aromatic rings. The molecule has 0 aliphatic rings. The Morgan fingerprint density at radius 2 is 2.00 bits per heavy atom. The Bertz CT molecular complexity index is 974. The van der Waals surface area contributed by atoms with E-state index in [9.17, 15) is 8.42 Å². The van der Waals surface area contributed by atoms with Crippen molar-refractivity contribution in [1.29, 1.82) is 0 Å². The van der Waals surface area contributed by atoms with Crippen LogP contribution in [0, 0.1) is 13.8 Å². The van der Waals surface area contributed by atoms with E-state index in [1.807, 2.05) is 13.8 Å². The van der Waals surface area contributed by atoms with E-state index in [1.54, 1.807) is 35.7 Å². The lowest BCUT2D eigenvalue weighted by Gasteiger charge is -2.10. The van der Waals surface area contributed by atoms with Gasteiger partial charge in [0.1, 0.15) is 9.96 Å². The topological polar surface area (TPSA) is 81.4 Å². The molecule has 0 fully saturated rings. The maximum atomic E-state index is 12.6. The SMILES string of the molecule is COc1ccccc1NS(=O)(=O)c1cc(-c2onc(C)c2C)cs1. The smallest absolute Gasteiger partial charge is 0.271 e. The van der Waals surface area contributed by atoms with Crippen molar-refractivity contribution in [3.8, 4) is 17.1 Å². The number of aryl methyl sites for hydroxylation is 1. The molecule has 1 aromatic carbocycles. The second-order valence-electron chi connectivity index (χ2n) is 5.18. The van der Waals surface area contributed by atoms with Crippen LogP contribution < -0.4 is 9.46 Å². The second kappa shape index (κ2) is 6.29. The summed E-state index contributed by atoms with van der Waals surface area (Å²) in [5.74, 6) is 1.04. The standard InChI is InChI=1S/C16H16N2O4S2/c1-10-11(2)17-22-16(10)12-8-15(23-9-12)24(19,20)18-13-6-4-5-7-14(13)21-3/h4-9,18H,1-3H3. The van der Waals surface area contributed by atoms with Crippen molar-refractivity contribution in [3.05, 3.63) is 47.0 Å². The third-order valence-electron chi connectivity index (χ3n) is 3.61. The van der Waals surface area contributed by atoms with E-state index in [-0.39, 0.29) is 4.21 Å². The number of anilines is 1. The van der Waals surface area contributed by atoms with Crippen molar-refractivity contribution >= 4 is 27.0 Å². The number of benzene rings is 1. The average molecular weight is 364 g/mol. The molecule has 0 radical (unpaired) electrons. The summed E-state index contributed by atoms with van der Waals surface area (Å²) < 4.78 is 38.4. The van der Waals surface area contributed by atoms with Gasteiger partial charge in [-0.2, -0.15) is 0 Å². The minimum Gasteiger partial charge on any atom is -0.495 e. The van der Waals surface area contributed by atoms with Gasteiger partial charge >= 0.3 is 0 Å². The molecule has 3 rings (SSSR count). The van der Waals surface area contributed by atoms with Gasteiger partial charge in [-0.1, -0.05) is 17.3 Å². The molecule has 0 spiro atoms. The Hall–Kier alpha value is -2.32. The molecule has 24 heavy (non-hydrogen) atoms. The van der Waals surface area contributed by atoms with Crippen molar-refractivity contribution in [2.24, 2.45) is 0 Å². The fourth-order valence-corrected chi connectivity index (χ4v) is 4.42. The Morgan fingerprint density at radius 1 is 1.25 bits per heavy atom. The highest BCUT2D eigenvalue weighted by atomic mass is 32.2. The van der Waals surface area contributed by atoms with Crippen LogP contribution in [0.1, 0.15) is 11.3 Å². The average Bonchev–Trinajstić information content (AvgIpc) is 3.16. The van der Waals surface area contributed by atoms with Gasteiger partial charge in [-0.3, -0.25) is 4.72 Å². The number of thiophene rings is 1. The number of rotatable bonds is 5. The lowest BCUT2D eigenvalue weighted by molar-refractivity contribution is 0.417. The first-order chi connectivity index (χ1) is 11.4. The van der Waals surface area contributed by atoms with Gasteiger partial charge in [0.05, 0.1) is 18.5 Å². The van der Waals surface area contributed by atoms with E-state index in [2.05, 4.69) is 9.88 Å². The molecule has 8 heteroatoms. The van der Waals surface area contributed by atoms with E-state index in [0.29, 0.717) is 22.8 Å². The summed E-state index contributed by atoms with van der Waals surface area (Å²) in [7, 11) is -2.22. The summed E-state index contributed by atoms with van der Waals surface area (Å²) in [5.41, 5.74) is 2.77. The van der Waals surface area contributed by atoms with Crippen LogP contribution in [0.3, 0.4) is 0 Å². The first-order valence-electron chi connectivity index (χ1n) is 7.10. The summed E-state index contributed by atoms with van der Waals surface area (Å²) in [6.07, 6.45) is 0. The van der Waals surface area contributed by atoms with Crippen molar-refractivity contribution in [2.45, 2.75) is 18.1 Å². The molecule has 0 aliphatic heterocycles. The summed E-state index contributed by atoms with van der Waals surface area (Å²) in [4.78, 5) is 0. The molecule has 0 unspecified atom stereocenters. The molecule has 0 aliphatic carbocycles. The number of aromatic nitrogens is 1. The molecule has 6 nitrogen and oxygen atoms in total. The summed E-state index contributed by atoms with van der Waals surface area (Å²) in [6, 6.07) is 8.43. The number of hydrogen-bond acceptors (Lipinski definition) is 6. The van der Waals surface area contributed by atoms with Crippen molar-refractivity contribution in [1.82, 2.24) is 5.16 Å². The summed E-state index contributed by atoms with van der Waals surface area (Å²) in [6.45, 7) is 3.73. The summed E-state index contributed by atoms with van der Waals surface area (Å²) >= 11 is 1.12. The van der Waals surface area contributed by atoms with E-state index in [4.69, 9.17) is 9.26 Å².